The first-order valence-corrected chi connectivity index (χ1v) is 5.42. The van der Waals surface area contributed by atoms with Crippen LogP contribution in [-0.2, 0) is 4.74 Å². The third kappa shape index (κ3) is 2.68. The molecule has 0 aromatic heterocycles. The van der Waals surface area contributed by atoms with Gasteiger partial charge in [0.15, 0.2) is 0 Å². The van der Waals surface area contributed by atoms with Crippen LogP contribution in [0.4, 0.5) is 0 Å². The lowest BCUT2D eigenvalue weighted by atomic mass is 9.79. The summed E-state index contributed by atoms with van der Waals surface area (Å²) in [5.41, 5.74) is 0.326. The monoisotopic (exact) mass is 185 g/mol. The molecule has 1 saturated heterocycles. The first kappa shape index (κ1) is 11.0. The Labute approximate surface area is 82.0 Å². The van der Waals surface area contributed by atoms with E-state index in [0.717, 1.165) is 26.1 Å². The van der Waals surface area contributed by atoms with Crippen LogP contribution in [0.5, 0.6) is 0 Å². The van der Waals surface area contributed by atoms with Gasteiger partial charge in [0, 0.05) is 24.8 Å². The molecule has 0 spiro atoms. The average Bonchev–Trinajstić information content (AvgIpc) is 2.04. The second-order valence-electron chi connectivity index (χ2n) is 4.72. The van der Waals surface area contributed by atoms with Crippen molar-refractivity contribution in [3.05, 3.63) is 0 Å². The van der Waals surface area contributed by atoms with Crippen molar-refractivity contribution in [2.24, 2.45) is 5.92 Å². The van der Waals surface area contributed by atoms with Gasteiger partial charge < -0.3 is 10.1 Å². The second kappa shape index (κ2) is 4.43. The molecule has 1 aliphatic rings. The number of hydrogen-bond acceptors (Lipinski definition) is 2. The lowest BCUT2D eigenvalue weighted by molar-refractivity contribution is 0.0147. The molecule has 78 valence electrons. The summed E-state index contributed by atoms with van der Waals surface area (Å²) < 4.78 is 5.42. The molecule has 0 aliphatic carbocycles. The van der Waals surface area contributed by atoms with E-state index in [-0.39, 0.29) is 0 Å². The van der Waals surface area contributed by atoms with Crippen LogP contribution in [0.2, 0.25) is 0 Å². The maximum Gasteiger partial charge on any atom is 0.0483 e. The molecule has 0 unspecified atom stereocenters. The van der Waals surface area contributed by atoms with Crippen LogP contribution in [0, 0.1) is 5.92 Å². The SMILES string of the molecule is CC(C)NC1(C(C)C)CCOCC1. The quantitative estimate of drug-likeness (QED) is 0.727. The zero-order valence-electron chi connectivity index (χ0n) is 9.39. The summed E-state index contributed by atoms with van der Waals surface area (Å²) in [6, 6.07) is 0.570. The summed E-state index contributed by atoms with van der Waals surface area (Å²) in [6.45, 7) is 10.9. The van der Waals surface area contributed by atoms with Crippen LogP contribution in [0.1, 0.15) is 40.5 Å². The molecule has 13 heavy (non-hydrogen) atoms. The standard InChI is InChI=1S/C11H23NO/c1-9(2)11(12-10(3)4)5-7-13-8-6-11/h9-10,12H,5-8H2,1-4H3. The van der Waals surface area contributed by atoms with E-state index in [0.29, 0.717) is 17.5 Å². The van der Waals surface area contributed by atoms with Crippen molar-refractivity contribution < 1.29 is 4.74 Å². The normalized spacial score (nSPS) is 22.6. The van der Waals surface area contributed by atoms with E-state index in [2.05, 4.69) is 33.0 Å². The Balaban J connectivity index is 2.61. The van der Waals surface area contributed by atoms with Crippen molar-refractivity contribution in [2.75, 3.05) is 13.2 Å². The van der Waals surface area contributed by atoms with E-state index in [1.165, 1.54) is 0 Å². The van der Waals surface area contributed by atoms with Gasteiger partial charge in [-0.3, -0.25) is 0 Å². The van der Waals surface area contributed by atoms with E-state index in [9.17, 15) is 0 Å². The molecule has 1 heterocycles. The lowest BCUT2D eigenvalue weighted by Gasteiger charge is -2.43. The summed E-state index contributed by atoms with van der Waals surface area (Å²) in [7, 11) is 0. The van der Waals surface area contributed by atoms with Gasteiger partial charge in [0.2, 0.25) is 0 Å². The minimum Gasteiger partial charge on any atom is -0.381 e. The Kier molecular flexibility index (Phi) is 3.74. The Hall–Kier alpha value is -0.0800. The Morgan fingerprint density at radius 1 is 1.08 bits per heavy atom. The van der Waals surface area contributed by atoms with Crippen LogP contribution >= 0.6 is 0 Å². The molecule has 1 aliphatic heterocycles. The molecular weight excluding hydrogens is 162 g/mol. The fourth-order valence-corrected chi connectivity index (χ4v) is 2.20. The average molecular weight is 185 g/mol. The van der Waals surface area contributed by atoms with Crippen molar-refractivity contribution in [1.29, 1.82) is 0 Å². The third-order valence-corrected chi connectivity index (χ3v) is 3.07. The van der Waals surface area contributed by atoms with Gasteiger partial charge in [0.05, 0.1) is 0 Å². The zero-order valence-corrected chi connectivity index (χ0v) is 9.39. The second-order valence-corrected chi connectivity index (χ2v) is 4.72. The predicted molar refractivity (Wildman–Crippen MR) is 55.9 cm³/mol. The van der Waals surface area contributed by atoms with Crippen molar-refractivity contribution in [3.63, 3.8) is 0 Å². The first-order valence-electron chi connectivity index (χ1n) is 5.42. The van der Waals surface area contributed by atoms with Crippen LogP contribution in [0.25, 0.3) is 0 Å². The van der Waals surface area contributed by atoms with E-state index < -0.39 is 0 Å². The fraction of sp³-hybridized carbons (Fsp3) is 1.00. The predicted octanol–water partition coefficient (Wildman–Crippen LogP) is 2.19. The number of ether oxygens (including phenoxy) is 1. The minimum atomic E-state index is 0.326. The summed E-state index contributed by atoms with van der Waals surface area (Å²) in [5.74, 6) is 0.693. The number of rotatable bonds is 3. The van der Waals surface area contributed by atoms with Crippen molar-refractivity contribution in [3.8, 4) is 0 Å². The number of hydrogen-bond donors (Lipinski definition) is 1. The highest BCUT2D eigenvalue weighted by molar-refractivity contribution is 4.93. The minimum absolute atomic E-state index is 0.326. The molecule has 0 atom stereocenters. The first-order chi connectivity index (χ1) is 6.07. The maximum atomic E-state index is 5.42. The van der Waals surface area contributed by atoms with Crippen LogP contribution in [-0.4, -0.2) is 24.8 Å². The van der Waals surface area contributed by atoms with Crippen molar-refractivity contribution in [2.45, 2.75) is 52.1 Å². The van der Waals surface area contributed by atoms with Gasteiger partial charge >= 0.3 is 0 Å². The Morgan fingerprint density at radius 3 is 2.00 bits per heavy atom. The highest BCUT2D eigenvalue weighted by Gasteiger charge is 2.35. The van der Waals surface area contributed by atoms with Gasteiger partial charge in [-0.05, 0) is 18.8 Å². The molecule has 1 rings (SSSR count). The van der Waals surface area contributed by atoms with Crippen LogP contribution in [0.15, 0.2) is 0 Å². The van der Waals surface area contributed by atoms with Gasteiger partial charge in [-0.1, -0.05) is 27.7 Å². The molecule has 2 nitrogen and oxygen atoms in total. The van der Waals surface area contributed by atoms with Gasteiger partial charge in [0.25, 0.3) is 0 Å². The Bertz CT molecular complexity index is 148. The molecule has 0 amide bonds. The molecular formula is C11H23NO. The molecule has 0 bridgehead atoms. The summed E-state index contributed by atoms with van der Waals surface area (Å²) in [5, 5.41) is 3.71. The lowest BCUT2D eigenvalue weighted by Crippen LogP contribution is -2.55. The molecule has 1 fully saturated rings. The van der Waals surface area contributed by atoms with Crippen molar-refractivity contribution in [1.82, 2.24) is 5.32 Å². The third-order valence-electron chi connectivity index (χ3n) is 3.07. The molecule has 0 radical (unpaired) electrons. The zero-order chi connectivity index (χ0) is 9.90. The summed E-state index contributed by atoms with van der Waals surface area (Å²) >= 11 is 0. The highest BCUT2D eigenvalue weighted by atomic mass is 16.5. The molecule has 1 N–H and O–H groups in total. The van der Waals surface area contributed by atoms with E-state index in [4.69, 9.17) is 4.74 Å². The maximum absolute atomic E-state index is 5.42. The molecule has 2 heteroatoms. The highest BCUT2D eigenvalue weighted by Crippen LogP contribution is 2.29. The van der Waals surface area contributed by atoms with Crippen LogP contribution < -0.4 is 5.32 Å². The Morgan fingerprint density at radius 2 is 1.62 bits per heavy atom. The molecule has 0 aromatic rings. The smallest absolute Gasteiger partial charge is 0.0483 e. The topological polar surface area (TPSA) is 21.3 Å². The molecule has 0 aromatic carbocycles. The van der Waals surface area contributed by atoms with E-state index in [1.54, 1.807) is 0 Å². The van der Waals surface area contributed by atoms with Gasteiger partial charge in [0.1, 0.15) is 0 Å². The van der Waals surface area contributed by atoms with E-state index in [1.807, 2.05) is 0 Å². The van der Waals surface area contributed by atoms with Gasteiger partial charge in [-0.15, -0.1) is 0 Å². The van der Waals surface area contributed by atoms with Gasteiger partial charge in [-0.25, -0.2) is 0 Å². The van der Waals surface area contributed by atoms with E-state index >= 15 is 0 Å². The fourth-order valence-electron chi connectivity index (χ4n) is 2.20. The largest absolute Gasteiger partial charge is 0.381 e. The molecule has 0 saturated carbocycles. The van der Waals surface area contributed by atoms with Gasteiger partial charge in [-0.2, -0.15) is 0 Å². The summed E-state index contributed by atoms with van der Waals surface area (Å²) in [6.07, 6.45) is 2.31. The van der Waals surface area contributed by atoms with Crippen LogP contribution in [0.3, 0.4) is 0 Å². The van der Waals surface area contributed by atoms with Crippen molar-refractivity contribution >= 4 is 0 Å². The summed E-state index contributed by atoms with van der Waals surface area (Å²) in [4.78, 5) is 0. The number of nitrogens with one attached hydrogen (secondary N) is 1.